The summed E-state index contributed by atoms with van der Waals surface area (Å²) in [5, 5.41) is 5.68. The number of anilines is 2. The number of para-hydroxylation sites is 1. The lowest BCUT2D eigenvalue weighted by Crippen LogP contribution is -2.21. The molecule has 2 aromatic rings. The highest BCUT2D eigenvalue weighted by molar-refractivity contribution is 9.10. The predicted octanol–water partition coefficient (Wildman–Crippen LogP) is 4.07. The summed E-state index contributed by atoms with van der Waals surface area (Å²) in [7, 11) is 0. The van der Waals surface area contributed by atoms with Gasteiger partial charge in [0.2, 0.25) is 11.8 Å². The number of hydrogen-bond donors (Lipinski definition) is 2. The summed E-state index contributed by atoms with van der Waals surface area (Å²) in [6, 6.07) is 14.0. The third kappa shape index (κ3) is 4.88. The van der Waals surface area contributed by atoms with Gasteiger partial charge in [0, 0.05) is 10.2 Å². The minimum absolute atomic E-state index is 0.280. The zero-order valence-electron chi connectivity index (χ0n) is 10.9. The zero-order valence-corrected chi connectivity index (χ0v) is 13.2. The second-order valence-corrected chi connectivity index (χ2v) is 5.59. The summed E-state index contributed by atoms with van der Waals surface area (Å²) in [4.78, 5) is 23.6. The van der Waals surface area contributed by atoms with E-state index in [0.717, 1.165) is 4.47 Å². The first-order valence-corrected chi connectivity index (χ1v) is 7.31. The maximum absolute atomic E-state index is 11.8. The number of hydrogen-bond acceptors (Lipinski definition) is 2. The Morgan fingerprint density at radius 3 is 2.43 bits per heavy atom. The Morgan fingerprint density at radius 2 is 1.71 bits per heavy atom. The van der Waals surface area contributed by atoms with Gasteiger partial charge in [0.25, 0.3) is 0 Å². The average Bonchev–Trinajstić information content (AvgIpc) is 2.41. The van der Waals surface area contributed by atoms with Gasteiger partial charge in [-0.3, -0.25) is 9.59 Å². The number of rotatable bonds is 4. The first-order chi connectivity index (χ1) is 10.0. The van der Waals surface area contributed by atoms with Crippen LogP contribution >= 0.6 is 27.5 Å². The van der Waals surface area contributed by atoms with Crippen LogP contribution in [0.4, 0.5) is 11.4 Å². The van der Waals surface area contributed by atoms with E-state index in [9.17, 15) is 9.59 Å². The summed E-state index contributed by atoms with van der Waals surface area (Å²) >= 11 is 9.24. The van der Waals surface area contributed by atoms with Crippen LogP contribution in [-0.4, -0.2) is 11.8 Å². The Labute approximate surface area is 135 Å². The molecule has 2 amide bonds. The number of carbonyl (C=O) groups is 2. The molecule has 0 spiro atoms. The van der Waals surface area contributed by atoms with Crippen molar-refractivity contribution in [2.24, 2.45) is 0 Å². The van der Waals surface area contributed by atoms with Gasteiger partial charge in [0.05, 0.1) is 10.7 Å². The number of halogens is 2. The second-order valence-electron chi connectivity index (χ2n) is 4.26. The zero-order chi connectivity index (χ0) is 15.2. The SMILES string of the molecule is O=C(CC(=O)Nc1ccccc1Cl)Nc1cccc(Br)c1. The molecule has 0 radical (unpaired) electrons. The summed E-state index contributed by atoms with van der Waals surface area (Å²) in [6.45, 7) is 0. The van der Waals surface area contributed by atoms with Crippen molar-refractivity contribution in [1.29, 1.82) is 0 Å². The van der Waals surface area contributed by atoms with Crippen molar-refractivity contribution in [2.75, 3.05) is 10.6 Å². The monoisotopic (exact) mass is 366 g/mol. The maximum Gasteiger partial charge on any atom is 0.233 e. The molecule has 0 aliphatic heterocycles. The highest BCUT2D eigenvalue weighted by Crippen LogP contribution is 2.20. The summed E-state index contributed by atoms with van der Waals surface area (Å²) < 4.78 is 0.848. The van der Waals surface area contributed by atoms with E-state index in [1.54, 1.807) is 42.5 Å². The Kier molecular flexibility index (Phi) is 5.36. The number of nitrogens with one attached hydrogen (secondary N) is 2. The molecule has 21 heavy (non-hydrogen) atoms. The molecule has 0 aromatic heterocycles. The van der Waals surface area contributed by atoms with Crippen molar-refractivity contribution in [1.82, 2.24) is 0 Å². The van der Waals surface area contributed by atoms with Crippen molar-refractivity contribution in [2.45, 2.75) is 6.42 Å². The second kappa shape index (κ2) is 7.24. The topological polar surface area (TPSA) is 58.2 Å². The Bertz CT molecular complexity index is 676. The van der Waals surface area contributed by atoms with Crippen LogP contribution in [0.2, 0.25) is 5.02 Å². The molecule has 0 heterocycles. The maximum atomic E-state index is 11.8. The largest absolute Gasteiger partial charge is 0.326 e. The molecule has 2 aromatic carbocycles. The lowest BCUT2D eigenvalue weighted by Gasteiger charge is -2.08. The quantitative estimate of drug-likeness (QED) is 0.800. The first kappa shape index (κ1) is 15.5. The van der Waals surface area contributed by atoms with E-state index in [-0.39, 0.29) is 6.42 Å². The van der Waals surface area contributed by atoms with Gasteiger partial charge in [-0.25, -0.2) is 0 Å². The van der Waals surface area contributed by atoms with E-state index >= 15 is 0 Å². The van der Waals surface area contributed by atoms with Gasteiger partial charge < -0.3 is 10.6 Å². The number of amides is 2. The summed E-state index contributed by atoms with van der Waals surface area (Å²) in [5.41, 5.74) is 1.11. The smallest absolute Gasteiger partial charge is 0.233 e. The molecule has 0 aliphatic rings. The van der Waals surface area contributed by atoms with Gasteiger partial charge in [0.15, 0.2) is 0 Å². The van der Waals surface area contributed by atoms with E-state index in [1.807, 2.05) is 6.07 Å². The summed E-state index contributed by atoms with van der Waals surface area (Å²) in [6.07, 6.45) is -0.280. The van der Waals surface area contributed by atoms with E-state index in [2.05, 4.69) is 26.6 Å². The van der Waals surface area contributed by atoms with Crippen LogP contribution in [-0.2, 0) is 9.59 Å². The average molecular weight is 368 g/mol. The van der Waals surface area contributed by atoms with Crippen LogP contribution in [0.25, 0.3) is 0 Å². The molecule has 0 unspecified atom stereocenters. The molecule has 0 aliphatic carbocycles. The fourth-order valence-corrected chi connectivity index (χ4v) is 2.26. The molecule has 2 N–H and O–H groups in total. The van der Waals surface area contributed by atoms with Gasteiger partial charge in [-0.15, -0.1) is 0 Å². The number of carbonyl (C=O) groups excluding carboxylic acids is 2. The molecule has 6 heteroatoms. The first-order valence-electron chi connectivity index (χ1n) is 6.14. The van der Waals surface area contributed by atoms with Gasteiger partial charge in [-0.2, -0.15) is 0 Å². The highest BCUT2D eigenvalue weighted by Gasteiger charge is 2.11. The fourth-order valence-electron chi connectivity index (χ4n) is 1.67. The van der Waals surface area contributed by atoms with Crippen molar-refractivity contribution in [3.05, 3.63) is 58.0 Å². The third-order valence-electron chi connectivity index (χ3n) is 2.58. The normalized spacial score (nSPS) is 10.0. The molecule has 0 fully saturated rings. The molecular weight excluding hydrogens is 356 g/mol. The molecule has 2 rings (SSSR count). The fraction of sp³-hybridized carbons (Fsp3) is 0.0667. The van der Waals surface area contributed by atoms with Gasteiger partial charge in [-0.1, -0.05) is 45.7 Å². The molecule has 0 saturated carbocycles. The third-order valence-corrected chi connectivity index (χ3v) is 3.40. The standard InChI is InChI=1S/C15H12BrClN2O2/c16-10-4-3-5-11(8-10)18-14(20)9-15(21)19-13-7-2-1-6-12(13)17/h1-8H,9H2,(H,18,20)(H,19,21). The van der Waals surface area contributed by atoms with Crippen molar-refractivity contribution < 1.29 is 9.59 Å². The van der Waals surface area contributed by atoms with Crippen LogP contribution in [0.1, 0.15) is 6.42 Å². The van der Waals surface area contributed by atoms with Crippen LogP contribution < -0.4 is 10.6 Å². The Morgan fingerprint density at radius 1 is 1.00 bits per heavy atom. The minimum Gasteiger partial charge on any atom is -0.326 e. The molecule has 108 valence electrons. The van der Waals surface area contributed by atoms with Gasteiger partial charge in [-0.05, 0) is 30.3 Å². The molecule has 0 saturated heterocycles. The van der Waals surface area contributed by atoms with Crippen LogP contribution in [0.5, 0.6) is 0 Å². The van der Waals surface area contributed by atoms with Gasteiger partial charge in [0.1, 0.15) is 6.42 Å². The van der Waals surface area contributed by atoms with Crippen LogP contribution in [0, 0.1) is 0 Å². The van der Waals surface area contributed by atoms with Crippen molar-refractivity contribution >= 4 is 50.7 Å². The number of benzene rings is 2. The van der Waals surface area contributed by atoms with E-state index in [4.69, 9.17) is 11.6 Å². The van der Waals surface area contributed by atoms with Crippen LogP contribution in [0.3, 0.4) is 0 Å². The molecule has 0 atom stereocenters. The van der Waals surface area contributed by atoms with E-state index < -0.39 is 11.8 Å². The lowest BCUT2D eigenvalue weighted by atomic mass is 10.3. The van der Waals surface area contributed by atoms with E-state index in [0.29, 0.717) is 16.4 Å². The summed E-state index contributed by atoms with van der Waals surface area (Å²) in [5.74, 6) is -0.812. The predicted molar refractivity (Wildman–Crippen MR) is 87.5 cm³/mol. The Hall–Kier alpha value is -1.85. The van der Waals surface area contributed by atoms with Crippen LogP contribution in [0.15, 0.2) is 53.0 Å². The Balaban J connectivity index is 1.91. The van der Waals surface area contributed by atoms with Crippen molar-refractivity contribution in [3.63, 3.8) is 0 Å². The lowest BCUT2D eigenvalue weighted by molar-refractivity contribution is -0.123. The minimum atomic E-state index is -0.421. The molecular formula is C15H12BrClN2O2. The van der Waals surface area contributed by atoms with Gasteiger partial charge >= 0.3 is 0 Å². The molecule has 0 bridgehead atoms. The van der Waals surface area contributed by atoms with E-state index in [1.165, 1.54) is 0 Å². The molecule has 4 nitrogen and oxygen atoms in total. The highest BCUT2D eigenvalue weighted by atomic mass is 79.9. The van der Waals surface area contributed by atoms with Crippen molar-refractivity contribution in [3.8, 4) is 0 Å².